The molecule has 2 N–H and O–H groups in total. The summed E-state index contributed by atoms with van der Waals surface area (Å²) in [6.07, 6.45) is 3.68. The first-order valence-corrected chi connectivity index (χ1v) is 16.4. The zero-order valence-corrected chi connectivity index (χ0v) is 24.1. The van der Waals surface area contributed by atoms with E-state index in [4.69, 9.17) is 11.6 Å². The topological polar surface area (TPSA) is 113 Å². The minimum atomic E-state index is -4.04. The third-order valence-corrected chi connectivity index (χ3v) is 10.1. The van der Waals surface area contributed by atoms with Crippen molar-refractivity contribution in [1.82, 2.24) is 4.90 Å². The number of benzene rings is 3. The minimum absolute atomic E-state index is 0.0385. The van der Waals surface area contributed by atoms with Crippen molar-refractivity contribution >= 4 is 60.7 Å². The van der Waals surface area contributed by atoms with E-state index in [0.717, 1.165) is 12.8 Å². The van der Waals surface area contributed by atoms with Crippen molar-refractivity contribution in [1.29, 1.82) is 0 Å². The fraction of sp³-hybridized carbons (Fsp3) is 0.269. The Labute approximate surface area is 232 Å². The van der Waals surface area contributed by atoms with Gasteiger partial charge in [0.1, 0.15) is 0 Å². The number of thioether (sulfide) groups is 1. The maximum Gasteiger partial charge on any atom is 0.261 e. The predicted octanol–water partition coefficient (Wildman–Crippen LogP) is 5.54. The van der Waals surface area contributed by atoms with Gasteiger partial charge in [0.05, 0.1) is 15.4 Å². The molecule has 38 heavy (non-hydrogen) atoms. The number of anilines is 2. The molecule has 3 aromatic rings. The van der Waals surface area contributed by atoms with Crippen LogP contribution < -0.4 is 9.44 Å². The van der Waals surface area contributed by atoms with E-state index in [1.54, 1.807) is 23.1 Å². The number of carbonyl (C=O) groups excluding carboxylic acids is 1. The molecule has 1 aliphatic rings. The van der Waals surface area contributed by atoms with E-state index in [-0.39, 0.29) is 21.4 Å². The molecule has 12 heteroatoms. The Morgan fingerprint density at radius 1 is 0.842 bits per heavy atom. The van der Waals surface area contributed by atoms with E-state index >= 15 is 0 Å². The summed E-state index contributed by atoms with van der Waals surface area (Å²) in [5.74, 6) is 0.380. The highest BCUT2D eigenvalue weighted by Gasteiger charge is 2.25. The summed E-state index contributed by atoms with van der Waals surface area (Å²) < 4.78 is 56.6. The molecule has 0 unspecified atom stereocenters. The maximum absolute atomic E-state index is 13.2. The molecular weight excluding hydrogens is 566 g/mol. The second-order valence-electron chi connectivity index (χ2n) is 9.08. The first kappa shape index (κ1) is 28.3. The number of hydrogen-bond acceptors (Lipinski definition) is 6. The average molecular weight is 594 g/mol. The Hall–Kier alpha value is -2.73. The minimum Gasteiger partial charge on any atom is -0.339 e. The second kappa shape index (κ2) is 11.6. The maximum atomic E-state index is 13.2. The van der Waals surface area contributed by atoms with Gasteiger partial charge in [-0.3, -0.25) is 14.2 Å². The lowest BCUT2D eigenvalue weighted by Crippen LogP contribution is -2.38. The van der Waals surface area contributed by atoms with Crippen molar-refractivity contribution < 1.29 is 21.6 Å². The molecule has 1 saturated heterocycles. The first-order chi connectivity index (χ1) is 18.0. The molecule has 3 aromatic carbocycles. The van der Waals surface area contributed by atoms with Crippen molar-refractivity contribution in [2.24, 2.45) is 5.92 Å². The number of sulfonamides is 2. The van der Waals surface area contributed by atoms with Crippen LogP contribution in [0.15, 0.2) is 81.4 Å². The highest BCUT2D eigenvalue weighted by atomic mass is 35.5. The highest BCUT2D eigenvalue weighted by molar-refractivity contribution is 7.98. The molecule has 1 amide bonds. The van der Waals surface area contributed by atoms with Gasteiger partial charge in [-0.05, 0) is 91.7 Å². The van der Waals surface area contributed by atoms with Crippen LogP contribution in [0.25, 0.3) is 0 Å². The van der Waals surface area contributed by atoms with Gasteiger partial charge in [-0.1, -0.05) is 18.5 Å². The molecule has 1 heterocycles. The molecule has 0 aliphatic carbocycles. The summed E-state index contributed by atoms with van der Waals surface area (Å²) in [5, 5.41) is 0.477. The molecular formula is C26H28ClN3O5S3. The van der Waals surface area contributed by atoms with Crippen LogP contribution in [0.1, 0.15) is 30.1 Å². The molecule has 202 valence electrons. The van der Waals surface area contributed by atoms with Crippen molar-refractivity contribution in [3.8, 4) is 0 Å². The van der Waals surface area contributed by atoms with E-state index in [0.29, 0.717) is 40.2 Å². The predicted molar refractivity (Wildman–Crippen MR) is 152 cm³/mol. The average Bonchev–Trinajstić information content (AvgIpc) is 2.89. The van der Waals surface area contributed by atoms with Crippen molar-refractivity contribution in [2.45, 2.75) is 34.5 Å². The van der Waals surface area contributed by atoms with Crippen LogP contribution in [0.4, 0.5) is 11.4 Å². The molecule has 0 atom stereocenters. The third-order valence-electron chi connectivity index (χ3n) is 6.30. The van der Waals surface area contributed by atoms with Crippen molar-refractivity contribution in [3.63, 3.8) is 0 Å². The molecule has 0 aromatic heterocycles. The Bertz CT molecular complexity index is 1520. The molecule has 1 aliphatic heterocycles. The lowest BCUT2D eigenvalue weighted by molar-refractivity contribution is 0.0693. The Morgan fingerprint density at radius 3 is 1.89 bits per heavy atom. The number of amides is 1. The Morgan fingerprint density at radius 2 is 1.34 bits per heavy atom. The van der Waals surface area contributed by atoms with Gasteiger partial charge in [0.2, 0.25) is 0 Å². The van der Waals surface area contributed by atoms with Gasteiger partial charge < -0.3 is 4.90 Å². The lowest BCUT2D eigenvalue weighted by atomic mass is 9.98. The zero-order valence-electron chi connectivity index (χ0n) is 20.8. The number of piperidine rings is 1. The van der Waals surface area contributed by atoms with Crippen LogP contribution in [0.5, 0.6) is 0 Å². The standard InChI is InChI=1S/C26H28ClN3O5S3/c1-18-13-15-30(16-14-18)26(31)24-17-23(11-12-25(24)36-2)38(34,35)29-21-7-9-22(10-8-21)37(32,33)28-20-5-3-19(27)4-6-20/h3-12,17-18,28-29H,13-16H2,1-2H3. The molecule has 0 saturated carbocycles. The molecule has 0 radical (unpaired) electrons. The van der Waals surface area contributed by atoms with E-state index in [9.17, 15) is 21.6 Å². The van der Waals surface area contributed by atoms with Gasteiger partial charge in [-0.15, -0.1) is 11.8 Å². The van der Waals surface area contributed by atoms with Crippen LogP contribution >= 0.6 is 23.4 Å². The molecule has 0 spiro atoms. The molecule has 0 bridgehead atoms. The molecule has 8 nitrogen and oxygen atoms in total. The highest BCUT2D eigenvalue weighted by Crippen LogP contribution is 2.28. The summed E-state index contributed by atoms with van der Waals surface area (Å²) >= 11 is 7.23. The molecule has 1 fully saturated rings. The van der Waals surface area contributed by atoms with Crippen LogP contribution in [0, 0.1) is 5.92 Å². The molecule has 4 rings (SSSR count). The van der Waals surface area contributed by atoms with Crippen LogP contribution in [-0.4, -0.2) is 47.0 Å². The number of likely N-dealkylation sites (tertiary alicyclic amines) is 1. The SMILES string of the molecule is CSc1ccc(S(=O)(=O)Nc2ccc(S(=O)(=O)Nc3ccc(Cl)cc3)cc2)cc1C(=O)N1CCC(C)CC1. The summed E-state index contributed by atoms with van der Waals surface area (Å²) in [5.41, 5.74) is 0.879. The number of nitrogens with zero attached hydrogens (tertiary/aromatic N) is 1. The van der Waals surface area contributed by atoms with Crippen molar-refractivity contribution in [3.05, 3.63) is 77.3 Å². The summed E-state index contributed by atoms with van der Waals surface area (Å²) in [6, 6.07) is 16.0. The smallest absolute Gasteiger partial charge is 0.261 e. The summed E-state index contributed by atoms with van der Waals surface area (Å²) in [7, 11) is -7.93. The summed E-state index contributed by atoms with van der Waals surface area (Å²) in [6.45, 7) is 3.45. The van der Waals surface area contributed by atoms with E-state index in [1.165, 1.54) is 60.3 Å². The van der Waals surface area contributed by atoms with Crippen LogP contribution in [-0.2, 0) is 20.0 Å². The van der Waals surface area contributed by atoms with Crippen LogP contribution in [0.3, 0.4) is 0 Å². The van der Waals surface area contributed by atoms with Gasteiger partial charge in [-0.25, -0.2) is 16.8 Å². The fourth-order valence-corrected chi connectivity index (χ4v) is 6.89. The first-order valence-electron chi connectivity index (χ1n) is 11.9. The fourth-order valence-electron chi connectivity index (χ4n) is 4.05. The number of halogens is 1. The monoisotopic (exact) mass is 593 g/mol. The normalized spacial score (nSPS) is 14.8. The Kier molecular flexibility index (Phi) is 8.61. The third kappa shape index (κ3) is 6.63. The van der Waals surface area contributed by atoms with Gasteiger partial charge in [0, 0.05) is 34.4 Å². The van der Waals surface area contributed by atoms with Gasteiger partial charge in [-0.2, -0.15) is 0 Å². The van der Waals surface area contributed by atoms with Gasteiger partial charge >= 0.3 is 0 Å². The van der Waals surface area contributed by atoms with E-state index < -0.39 is 20.0 Å². The summed E-state index contributed by atoms with van der Waals surface area (Å²) in [4.78, 5) is 15.6. The number of carbonyl (C=O) groups is 1. The number of nitrogens with one attached hydrogen (secondary N) is 2. The zero-order chi connectivity index (χ0) is 27.5. The van der Waals surface area contributed by atoms with Crippen LogP contribution in [0.2, 0.25) is 5.02 Å². The lowest BCUT2D eigenvalue weighted by Gasteiger charge is -2.30. The van der Waals surface area contributed by atoms with Crippen molar-refractivity contribution in [2.75, 3.05) is 28.8 Å². The second-order valence-corrected chi connectivity index (χ2v) is 13.7. The Balaban J connectivity index is 1.52. The number of rotatable bonds is 8. The quantitative estimate of drug-likeness (QED) is 0.332. The van der Waals surface area contributed by atoms with Gasteiger partial charge in [0.15, 0.2) is 0 Å². The largest absolute Gasteiger partial charge is 0.339 e. The number of hydrogen-bond donors (Lipinski definition) is 2. The van der Waals surface area contributed by atoms with E-state index in [2.05, 4.69) is 16.4 Å². The van der Waals surface area contributed by atoms with E-state index in [1.807, 2.05) is 6.26 Å². The van der Waals surface area contributed by atoms with Gasteiger partial charge in [0.25, 0.3) is 26.0 Å².